The SMILES string of the molecule is O=c1c2cccnc2n(Cc2ccccc2Cl)c(=O)n1Cc1cccs1. The van der Waals surface area contributed by atoms with E-state index in [4.69, 9.17) is 11.6 Å². The summed E-state index contributed by atoms with van der Waals surface area (Å²) >= 11 is 7.77. The molecule has 26 heavy (non-hydrogen) atoms. The van der Waals surface area contributed by atoms with E-state index in [1.165, 1.54) is 20.5 Å². The van der Waals surface area contributed by atoms with Crippen LogP contribution in [0.5, 0.6) is 0 Å². The van der Waals surface area contributed by atoms with E-state index in [1.54, 1.807) is 24.4 Å². The number of pyridine rings is 1. The molecule has 0 radical (unpaired) electrons. The Balaban J connectivity index is 1.95. The van der Waals surface area contributed by atoms with Crippen molar-refractivity contribution in [2.75, 3.05) is 0 Å². The van der Waals surface area contributed by atoms with E-state index >= 15 is 0 Å². The lowest BCUT2D eigenvalue weighted by molar-refractivity contribution is 0.634. The first-order chi connectivity index (χ1) is 12.6. The molecule has 0 spiro atoms. The van der Waals surface area contributed by atoms with Crippen molar-refractivity contribution in [3.05, 3.63) is 96.4 Å². The highest BCUT2D eigenvalue weighted by atomic mass is 35.5. The van der Waals surface area contributed by atoms with Gasteiger partial charge in [-0.15, -0.1) is 11.3 Å². The maximum absolute atomic E-state index is 13.1. The van der Waals surface area contributed by atoms with Crippen LogP contribution in [0.4, 0.5) is 0 Å². The van der Waals surface area contributed by atoms with Gasteiger partial charge in [0.15, 0.2) is 0 Å². The van der Waals surface area contributed by atoms with Crippen LogP contribution >= 0.6 is 22.9 Å². The third-order valence-corrected chi connectivity index (χ3v) is 5.39. The van der Waals surface area contributed by atoms with Crippen LogP contribution in [0.25, 0.3) is 11.0 Å². The second-order valence-corrected chi connectivity index (χ2v) is 7.24. The highest BCUT2D eigenvalue weighted by Crippen LogP contribution is 2.17. The smallest absolute Gasteiger partial charge is 0.273 e. The Bertz CT molecular complexity index is 1200. The first kappa shape index (κ1) is 16.8. The van der Waals surface area contributed by atoms with E-state index in [0.717, 1.165) is 10.4 Å². The average Bonchev–Trinajstić information content (AvgIpc) is 3.17. The Hall–Kier alpha value is -2.70. The third-order valence-electron chi connectivity index (χ3n) is 4.16. The molecule has 0 aliphatic rings. The predicted octanol–water partition coefficient (Wildman–Crippen LogP) is 3.37. The number of hydrogen-bond donors (Lipinski definition) is 0. The minimum Gasteiger partial charge on any atom is -0.273 e. The summed E-state index contributed by atoms with van der Waals surface area (Å²) in [5.74, 6) is 0. The van der Waals surface area contributed by atoms with Crippen molar-refractivity contribution >= 4 is 34.0 Å². The second kappa shape index (κ2) is 6.90. The molecule has 0 atom stereocenters. The summed E-state index contributed by atoms with van der Waals surface area (Å²) in [6, 6.07) is 14.5. The molecule has 0 N–H and O–H groups in total. The molecule has 1 aromatic carbocycles. The second-order valence-electron chi connectivity index (χ2n) is 5.81. The molecule has 130 valence electrons. The van der Waals surface area contributed by atoms with Crippen molar-refractivity contribution in [3.8, 4) is 0 Å². The molecule has 5 nitrogen and oxygen atoms in total. The standard InChI is InChI=1S/C19H14ClN3O2S/c20-16-8-2-1-5-13(16)11-22-17-15(7-3-9-21-17)18(24)23(19(22)25)12-14-6-4-10-26-14/h1-10H,11-12H2. The summed E-state index contributed by atoms with van der Waals surface area (Å²) in [7, 11) is 0. The third kappa shape index (κ3) is 2.98. The van der Waals surface area contributed by atoms with Crippen LogP contribution in [-0.2, 0) is 13.1 Å². The van der Waals surface area contributed by atoms with Gasteiger partial charge in [0.2, 0.25) is 0 Å². The van der Waals surface area contributed by atoms with Gasteiger partial charge in [-0.05, 0) is 35.2 Å². The summed E-state index contributed by atoms with van der Waals surface area (Å²) in [5, 5.41) is 2.90. The van der Waals surface area contributed by atoms with Gasteiger partial charge in [-0.1, -0.05) is 35.9 Å². The molecule has 0 bridgehead atoms. The summed E-state index contributed by atoms with van der Waals surface area (Å²) in [5.41, 5.74) is 0.436. The fourth-order valence-electron chi connectivity index (χ4n) is 2.88. The maximum atomic E-state index is 13.1. The van der Waals surface area contributed by atoms with E-state index in [-0.39, 0.29) is 18.6 Å². The molecular weight excluding hydrogens is 370 g/mol. The van der Waals surface area contributed by atoms with E-state index in [1.807, 2.05) is 35.7 Å². The van der Waals surface area contributed by atoms with Gasteiger partial charge in [-0.2, -0.15) is 0 Å². The van der Waals surface area contributed by atoms with E-state index < -0.39 is 5.69 Å². The Kier molecular flexibility index (Phi) is 4.44. The number of hydrogen-bond acceptors (Lipinski definition) is 4. The fourth-order valence-corrected chi connectivity index (χ4v) is 3.77. The van der Waals surface area contributed by atoms with Gasteiger partial charge in [-0.3, -0.25) is 13.9 Å². The monoisotopic (exact) mass is 383 g/mol. The van der Waals surface area contributed by atoms with Gasteiger partial charge >= 0.3 is 5.69 Å². The molecule has 0 saturated carbocycles. The van der Waals surface area contributed by atoms with Gasteiger partial charge < -0.3 is 0 Å². The zero-order valence-corrected chi connectivity index (χ0v) is 15.2. The fraction of sp³-hybridized carbons (Fsp3) is 0.105. The number of aromatic nitrogens is 3. The molecular formula is C19H14ClN3O2S. The minimum atomic E-state index is -0.394. The zero-order valence-electron chi connectivity index (χ0n) is 13.6. The molecule has 0 fully saturated rings. The van der Waals surface area contributed by atoms with Crippen molar-refractivity contribution in [1.82, 2.24) is 14.1 Å². The number of fused-ring (bicyclic) bond motifs is 1. The van der Waals surface area contributed by atoms with E-state index in [0.29, 0.717) is 16.1 Å². The highest BCUT2D eigenvalue weighted by Gasteiger charge is 2.15. The lowest BCUT2D eigenvalue weighted by atomic mass is 10.2. The molecule has 4 aromatic rings. The number of nitrogens with zero attached hydrogens (tertiary/aromatic N) is 3. The highest BCUT2D eigenvalue weighted by molar-refractivity contribution is 7.09. The van der Waals surface area contributed by atoms with Gasteiger partial charge in [0, 0.05) is 16.1 Å². The van der Waals surface area contributed by atoms with Crippen LogP contribution < -0.4 is 11.2 Å². The molecule has 3 heterocycles. The van der Waals surface area contributed by atoms with Crippen LogP contribution in [-0.4, -0.2) is 14.1 Å². The number of rotatable bonds is 4. The first-order valence-corrected chi connectivity index (χ1v) is 9.25. The van der Waals surface area contributed by atoms with Crippen molar-refractivity contribution in [2.24, 2.45) is 0 Å². The normalized spacial score (nSPS) is 11.1. The van der Waals surface area contributed by atoms with Crippen LogP contribution in [0.15, 0.2) is 69.7 Å². The van der Waals surface area contributed by atoms with Gasteiger partial charge in [-0.25, -0.2) is 9.78 Å². The van der Waals surface area contributed by atoms with E-state index in [2.05, 4.69) is 4.98 Å². The molecule has 0 aliphatic carbocycles. The number of benzene rings is 1. The van der Waals surface area contributed by atoms with Crippen molar-refractivity contribution < 1.29 is 0 Å². The van der Waals surface area contributed by atoms with Crippen molar-refractivity contribution in [2.45, 2.75) is 13.1 Å². The molecule has 3 aromatic heterocycles. The summed E-state index contributed by atoms with van der Waals surface area (Å²) < 4.78 is 2.76. The zero-order chi connectivity index (χ0) is 18.1. The number of halogens is 1. The van der Waals surface area contributed by atoms with Crippen LogP contribution in [0.2, 0.25) is 5.02 Å². The topological polar surface area (TPSA) is 56.9 Å². The van der Waals surface area contributed by atoms with Gasteiger partial charge in [0.1, 0.15) is 5.65 Å². The van der Waals surface area contributed by atoms with Crippen molar-refractivity contribution in [3.63, 3.8) is 0 Å². The molecule has 0 aliphatic heterocycles. The summed E-state index contributed by atoms with van der Waals surface area (Å²) in [4.78, 5) is 31.1. The van der Waals surface area contributed by atoms with Crippen LogP contribution in [0.3, 0.4) is 0 Å². The first-order valence-electron chi connectivity index (χ1n) is 7.99. The largest absolute Gasteiger partial charge is 0.333 e. The molecule has 7 heteroatoms. The molecule has 0 saturated heterocycles. The quantitative estimate of drug-likeness (QED) is 0.543. The lowest BCUT2D eigenvalue weighted by Crippen LogP contribution is -2.40. The van der Waals surface area contributed by atoms with Crippen molar-refractivity contribution in [1.29, 1.82) is 0 Å². The van der Waals surface area contributed by atoms with Gasteiger partial charge in [0.05, 0.1) is 18.5 Å². The van der Waals surface area contributed by atoms with Gasteiger partial charge in [0.25, 0.3) is 5.56 Å². The predicted molar refractivity (Wildman–Crippen MR) is 104 cm³/mol. The van der Waals surface area contributed by atoms with Crippen LogP contribution in [0.1, 0.15) is 10.4 Å². The lowest BCUT2D eigenvalue weighted by Gasteiger charge is -2.13. The molecule has 0 unspecified atom stereocenters. The Morgan fingerprint density at radius 2 is 1.81 bits per heavy atom. The minimum absolute atomic E-state index is 0.239. The summed E-state index contributed by atoms with van der Waals surface area (Å²) in [6.45, 7) is 0.486. The van der Waals surface area contributed by atoms with Crippen LogP contribution in [0, 0.1) is 0 Å². The summed E-state index contributed by atoms with van der Waals surface area (Å²) in [6.07, 6.45) is 1.58. The molecule has 4 rings (SSSR count). The Morgan fingerprint density at radius 1 is 0.962 bits per heavy atom. The Labute approximate surface area is 157 Å². The molecule has 0 amide bonds. The maximum Gasteiger partial charge on any atom is 0.333 e. The Morgan fingerprint density at radius 3 is 2.58 bits per heavy atom. The number of thiophene rings is 1. The average molecular weight is 384 g/mol. The van der Waals surface area contributed by atoms with E-state index in [9.17, 15) is 9.59 Å².